The van der Waals surface area contributed by atoms with Crippen LogP contribution in [0.3, 0.4) is 0 Å². The van der Waals surface area contributed by atoms with Crippen molar-refractivity contribution in [3.8, 4) is 5.75 Å². The summed E-state index contributed by atoms with van der Waals surface area (Å²) < 4.78 is 7.76. The smallest absolute Gasteiger partial charge is 0.293 e. The van der Waals surface area contributed by atoms with E-state index in [4.69, 9.17) is 4.74 Å². The van der Waals surface area contributed by atoms with Gasteiger partial charge in [0, 0.05) is 14.5 Å². The Hall–Kier alpha value is -2.35. The average Bonchev–Trinajstić information content (AvgIpc) is 3.01. The van der Waals surface area contributed by atoms with Crippen LogP contribution < -0.4 is 4.74 Å². The number of hydrogen-bond acceptors (Lipinski definition) is 4. The molecule has 31 heavy (non-hydrogen) atoms. The van der Waals surface area contributed by atoms with Crippen molar-refractivity contribution in [2.45, 2.75) is 13.2 Å². The molecule has 0 aliphatic carbocycles. The van der Waals surface area contributed by atoms with Gasteiger partial charge in [0.15, 0.2) is 0 Å². The van der Waals surface area contributed by atoms with Gasteiger partial charge in [0.1, 0.15) is 12.4 Å². The molecule has 0 radical (unpaired) electrons. The lowest BCUT2D eigenvalue weighted by Crippen LogP contribution is -2.27. The van der Waals surface area contributed by atoms with Gasteiger partial charge in [-0.25, -0.2) is 0 Å². The lowest BCUT2D eigenvalue weighted by molar-refractivity contribution is -0.123. The zero-order valence-electron chi connectivity index (χ0n) is 16.3. The molecule has 1 fully saturated rings. The molecule has 0 saturated carbocycles. The Labute approximate surface area is 201 Å². The molecular weight excluding hydrogens is 542 g/mol. The molecule has 2 amide bonds. The molecule has 4 nitrogen and oxygen atoms in total. The summed E-state index contributed by atoms with van der Waals surface area (Å²) >= 11 is 7.84. The van der Waals surface area contributed by atoms with Crippen LogP contribution in [0.15, 0.2) is 86.6 Å². The van der Waals surface area contributed by atoms with E-state index in [1.807, 2.05) is 72.8 Å². The van der Waals surface area contributed by atoms with Crippen molar-refractivity contribution >= 4 is 60.8 Å². The highest BCUT2D eigenvalue weighted by atomic mass is 79.9. The van der Waals surface area contributed by atoms with Crippen LogP contribution in [0.4, 0.5) is 4.79 Å². The van der Waals surface area contributed by atoms with E-state index in [9.17, 15) is 9.59 Å². The third-order valence-corrected chi connectivity index (χ3v) is 6.49. The van der Waals surface area contributed by atoms with Crippen molar-refractivity contribution in [3.63, 3.8) is 0 Å². The van der Waals surface area contributed by atoms with Gasteiger partial charge in [-0.1, -0.05) is 74.3 Å². The van der Waals surface area contributed by atoms with E-state index in [1.165, 1.54) is 4.90 Å². The van der Waals surface area contributed by atoms with E-state index in [1.54, 1.807) is 6.08 Å². The van der Waals surface area contributed by atoms with Crippen molar-refractivity contribution in [2.24, 2.45) is 0 Å². The monoisotopic (exact) mass is 557 g/mol. The van der Waals surface area contributed by atoms with Gasteiger partial charge in [-0.3, -0.25) is 14.5 Å². The fourth-order valence-corrected chi connectivity index (χ4v) is 4.75. The minimum atomic E-state index is -0.302. The molecule has 0 spiro atoms. The minimum absolute atomic E-state index is 0.233. The number of benzene rings is 3. The number of carbonyl (C=O) groups excluding carboxylic acids is 2. The molecule has 1 aliphatic rings. The fraction of sp³-hybridized carbons (Fsp3) is 0.0833. The zero-order chi connectivity index (χ0) is 21.8. The Bertz CT molecular complexity index is 1160. The van der Waals surface area contributed by atoms with Crippen molar-refractivity contribution in [2.75, 3.05) is 0 Å². The third-order valence-electron chi connectivity index (χ3n) is 4.60. The second-order valence-electron chi connectivity index (χ2n) is 6.85. The highest BCUT2D eigenvalue weighted by Crippen LogP contribution is 2.36. The molecule has 1 heterocycles. The number of rotatable bonds is 6. The van der Waals surface area contributed by atoms with E-state index in [2.05, 4.69) is 31.9 Å². The molecule has 3 aromatic rings. The van der Waals surface area contributed by atoms with Gasteiger partial charge < -0.3 is 4.74 Å². The van der Waals surface area contributed by atoms with E-state index in [-0.39, 0.29) is 17.7 Å². The summed E-state index contributed by atoms with van der Waals surface area (Å²) in [6.07, 6.45) is 1.72. The van der Waals surface area contributed by atoms with Gasteiger partial charge in [-0.2, -0.15) is 0 Å². The van der Waals surface area contributed by atoms with Gasteiger partial charge in [0.05, 0.1) is 11.4 Å². The maximum absolute atomic E-state index is 12.9. The molecule has 0 unspecified atom stereocenters. The highest BCUT2D eigenvalue weighted by molar-refractivity contribution is 9.10. The van der Waals surface area contributed by atoms with Gasteiger partial charge in [-0.05, 0) is 59.3 Å². The molecule has 0 bridgehead atoms. The number of thioether (sulfide) groups is 1. The maximum atomic E-state index is 12.9. The highest BCUT2D eigenvalue weighted by Gasteiger charge is 2.35. The molecule has 4 rings (SSSR count). The molecule has 1 aliphatic heterocycles. The second kappa shape index (κ2) is 9.85. The van der Waals surface area contributed by atoms with Crippen molar-refractivity contribution < 1.29 is 14.3 Å². The van der Waals surface area contributed by atoms with E-state index in [0.717, 1.165) is 37.4 Å². The average molecular weight is 559 g/mol. The standard InChI is InChI=1S/C24H17Br2NO3S/c25-19-8-4-7-17(11-19)14-27-23(28)22(31-24(27)29)13-18-12-20(26)9-10-21(18)30-15-16-5-2-1-3-6-16/h1-13H,14-15H2/b22-13-. The number of carbonyl (C=O) groups is 2. The predicted molar refractivity (Wildman–Crippen MR) is 131 cm³/mol. The Kier molecular flexibility index (Phi) is 6.95. The molecule has 156 valence electrons. The normalized spacial score (nSPS) is 15.0. The summed E-state index contributed by atoms with van der Waals surface area (Å²) in [4.78, 5) is 27.1. The topological polar surface area (TPSA) is 46.6 Å². The Balaban J connectivity index is 1.55. The molecule has 3 aromatic carbocycles. The lowest BCUT2D eigenvalue weighted by atomic mass is 10.1. The van der Waals surface area contributed by atoms with Crippen LogP contribution in [-0.2, 0) is 17.9 Å². The zero-order valence-corrected chi connectivity index (χ0v) is 20.2. The van der Waals surface area contributed by atoms with E-state index < -0.39 is 0 Å². The van der Waals surface area contributed by atoms with Crippen LogP contribution in [0.5, 0.6) is 5.75 Å². The number of halogens is 2. The van der Waals surface area contributed by atoms with Crippen LogP contribution in [0.2, 0.25) is 0 Å². The van der Waals surface area contributed by atoms with Crippen LogP contribution in [0.25, 0.3) is 6.08 Å². The van der Waals surface area contributed by atoms with Crippen LogP contribution >= 0.6 is 43.6 Å². The maximum Gasteiger partial charge on any atom is 0.293 e. The first-order valence-corrected chi connectivity index (χ1v) is 11.9. The van der Waals surface area contributed by atoms with Gasteiger partial charge in [0.2, 0.25) is 0 Å². The number of amides is 2. The number of hydrogen-bond donors (Lipinski definition) is 0. The van der Waals surface area contributed by atoms with Gasteiger partial charge >= 0.3 is 0 Å². The first-order chi connectivity index (χ1) is 15.0. The summed E-state index contributed by atoms with van der Waals surface area (Å²) in [5.74, 6) is 0.342. The summed E-state index contributed by atoms with van der Waals surface area (Å²) in [6.45, 7) is 0.644. The summed E-state index contributed by atoms with van der Waals surface area (Å²) in [6, 6.07) is 23.1. The first kappa shape index (κ1) is 21.9. The molecule has 0 atom stereocenters. The van der Waals surface area contributed by atoms with E-state index in [0.29, 0.717) is 17.3 Å². The Morgan fingerprint density at radius 1 is 0.871 bits per heavy atom. The first-order valence-electron chi connectivity index (χ1n) is 9.46. The van der Waals surface area contributed by atoms with Crippen LogP contribution in [0.1, 0.15) is 16.7 Å². The molecule has 1 saturated heterocycles. The number of imide groups is 1. The quantitative estimate of drug-likeness (QED) is 0.305. The van der Waals surface area contributed by atoms with Gasteiger partial charge in [0.25, 0.3) is 11.1 Å². The Morgan fingerprint density at radius 3 is 2.39 bits per heavy atom. The SMILES string of the molecule is O=C1S/C(=C\c2cc(Br)ccc2OCc2ccccc2)C(=O)N1Cc1cccc(Br)c1. The predicted octanol–water partition coefficient (Wildman–Crippen LogP) is 7.03. The summed E-state index contributed by atoms with van der Waals surface area (Å²) in [7, 11) is 0. The van der Waals surface area contributed by atoms with Crippen LogP contribution in [0, 0.1) is 0 Å². The third kappa shape index (κ3) is 5.47. The minimum Gasteiger partial charge on any atom is -0.488 e. The molecular formula is C24H17Br2NO3S. The van der Waals surface area contributed by atoms with Gasteiger partial charge in [-0.15, -0.1) is 0 Å². The summed E-state index contributed by atoms with van der Waals surface area (Å²) in [5.41, 5.74) is 2.66. The number of ether oxygens (including phenoxy) is 1. The van der Waals surface area contributed by atoms with Crippen molar-refractivity contribution in [1.29, 1.82) is 0 Å². The molecule has 7 heteroatoms. The Morgan fingerprint density at radius 2 is 1.61 bits per heavy atom. The molecule has 0 N–H and O–H groups in total. The fourth-order valence-electron chi connectivity index (χ4n) is 3.09. The number of nitrogens with zero attached hydrogens (tertiary/aromatic N) is 1. The van der Waals surface area contributed by atoms with Crippen molar-refractivity contribution in [3.05, 3.63) is 103 Å². The van der Waals surface area contributed by atoms with Crippen LogP contribution in [-0.4, -0.2) is 16.0 Å². The summed E-state index contributed by atoms with van der Waals surface area (Å²) in [5, 5.41) is -0.280. The van der Waals surface area contributed by atoms with E-state index >= 15 is 0 Å². The largest absolute Gasteiger partial charge is 0.488 e. The second-order valence-corrected chi connectivity index (χ2v) is 9.68. The van der Waals surface area contributed by atoms with Crippen molar-refractivity contribution in [1.82, 2.24) is 4.90 Å². The lowest BCUT2D eigenvalue weighted by Gasteiger charge is -2.13. The molecule has 0 aromatic heterocycles.